The number of thiophene rings is 1. The van der Waals surface area contributed by atoms with E-state index in [2.05, 4.69) is 38.1 Å². The second kappa shape index (κ2) is 5.85. The maximum atomic E-state index is 12.2. The Morgan fingerprint density at radius 3 is 2.56 bits per heavy atom. The molecule has 0 aromatic carbocycles. The van der Waals surface area contributed by atoms with Crippen molar-refractivity contribution in [3.8, 4) is 0 Å². The van der Waals surface area contributed by atoms with E-state index >= 15 is 0 Å². The predicted octanol–water partition coefficient (Wildman–Crippen LogP) is 2.15. The second-order valence-corrected chi connectivity index (χ2v) is 6.64. The van der Waals surface area contributed by atoms with Gasteiger partial charge in [-0.15, -0.1) is 11.3 Å². The number of aryl methyl sites for hydroxylation is 1. The van der Waals surface area contributed by atoms with Gasteiger partial charge in [-0.2, -0.15) is 0 Å². The monoisotopic (exact) mass is 266 g/mol. The van der Waals surface area contributed by atoms with Crippen LogP contribution in [0.2, 0.25) is 0 Å². The summed E-state index contributed by atoms with van der Waals surface area (Å²) in [5.41, 5.74) is 0. The number of amides is 1. The van der Waals surface area contributed by atoms with Crippen LogP contribution in [-0.2, 0) is 11.2 Å². The standard InChI is InChI=1S/C14H22N2OS/c1-11-4-5-13(18-11)10-14(17)16-8-6-12(7-9-16)15(2)3/h4-5,12H,6-10H2,1-3H3. The first-order chi connectivity index (χ1) is 8.56. The van der Waals surface area contributed by atoms with Crippen LogP contribution in [0.15, 0.2) is 12.1 Å². The minimum absolute atomic E-state index is 0.286. The molecule has 0 bridgehead atoms. The Morgan fingerprint density at radius 1 is 1.39 bits per heavy atom. The highest BCUT2D eigenvalue weighted by atomic mass is 32.1. The zero-order valence-corrected chi connectivity index (χ0v) is 12.3. The van der Waals surface area contributed by atoms with Gasteiger partial charge in [-0.3, -0.25) is 4.79 Å². The van der Waals surface area contributed by atoms with Crippen molar-refractivity contribution in [3.05, 3.63) is 21.9 Å². The van der Waals surface area contributed by atoms with Crippen LogP contribution in [0.25, 0.3) is 0 Å². The van der Waals surface area contributed by atoms with Crippen molar-refractivity contribution in [2.45, 2.75) is 32.2 Å². The summed E-state index contributed by atoms with van der Waals surface area (Å²) in [5.74, 6) is 0.286. The zero-order chi connectivity index (χ0) is 13.1. The van der Waals surface area contributed by atoms with Crippen molar-refractivity contribution in [3.63, 3.8) is 0 Å². The molecule has 1 aromatic rings. The van der Waals surface area contributed by atoms with Gasteiger partial charge in [0, 0.05) is 28.9 Å². The second-order valence-electron chi connectivity index (χ2n) is 5.26. The van der Waals surface area contributed by atoms with Crippen molar-refractivity contribution in [1.82, 2.24) is 9.80 Å². The summed E-state index contributed by atoms with van der Waals surface area (Å²) < 4.78 is 0. The lowest BCUT2D eigenvalue weighted by Crippen LogP contribution is -2.44. The highest BCUT2D eigenvalue weighted by molar-refractivity contribution is 7.12. The van der Waals surface area contributed by atoms with E-state index in [9.17, 15) is 4.79 Å². The van der Waals surface area contributed by atoms with E-state index in [1.54, 1.807) is 11.3 Å². The molecule has 0 aliphatic carbocycles. The van der Waals surface area contributed by atoms with Crippen LogP contribution < -0.4 is 0 Å². The van der Waals surface area contributed by atoms with Crippen LogP contribution in [0.5, 0.6) is 0 Å². The van der Waals surface area contributed by atoms with E-state index in [-0.39, 0.29) is 5.91 Å². The van der Waals surface area contributed by atoms with Crippen LogP contribution >= 0.6 is 11.3 Å². The summed E-state index contributed by atoms with van der Waals surface area (Å²) in [7, 11) is 4.24. The lowest BCUT2D eigenvalue weighted by Gasteiger charge is -2.35. The fourth-order valence-corrected chi connectivity index (χ4v) is 3.35. The molecule has 1 aromatic heterocycles. The number of rotatable bonds is 3. The summed E-state index contributed by atoms with van der Waals surface area (Å²) in [6.07, 6.45) is 2.77. The zero-order valence-electron chi connectivity index (χ0n) is 11.5. The molecule has 1 fully saturated rings. The third-order valence-electron chi connectivity index (χ3n) is 3.67. The molecule has 1 saturated heterocycles. The third kappa shape index (κ3) is 3.33. The van der Waals surface area contributed by atoms with Gasteiger partial charge in [0.15, 0.2) is 0 Å². The largest absolute Gasteiger partial charge is 0.342 e. The van der Waals surface area contributed by atoms with E-state index in [0.717, 1.165) is 25.9 Å². The van der Waals surface area contributed by atoms with Gasteiger partial charge in [0.05, 0.1) is 6.42 Å². The Labute approximate surface area is 113 Å². The summed E-state index contributed by atoms with van der Waals surface area (Å²) in [4.78, 5) is 18.9. The van der Waals surface area contributed by atoms with Crippen molar-refractivity contribution in [1.29, 1.82) is 0 Å². The molecule has 0 unspecified atom stereocenters. The normalized spacial score (nSPS) is 17.4. The SMILES string of the molecule is Cc1ccc(CC(=O)N2CCC(N(C)C)CC2)s1. The smallest absolute Gasteiger partial charge is 0.227 e. The molecule has 2 heterocycles. The van der Waals surface area contributed by atoms with Crippen LogP contribution in [0, 0.1) is 6.92 Å². The molecule has 18 heavy (non-hydrogen) atoms. The number of carbonyl (C=O) groups is 1. The summed E-state index contributed by atoms with van der Waals surface area (Å²) in [6, 6.07) is 4.80. The Kier molecular flexibility index (Phi) is 4.40. The quantitative estimate of drug-likeness (QED) is 0.837. The summed E-state index contributed by atoms with van der Waals surface area (Å²) in [5, 5.41) is 0. The van der Waals surface area contributed by atoms with Gasteiger partial charge < -0.3 is 9.80 Å². The molecule has 0 radical (unpaired) electrons. The molecule has 0 saturated carbocycles. The molecule has 2 rings (SSSR count). The van der Waals surface area contributed by atoms with Gasteiger partial charge in [0.25, 0.3) is 0 Å². The predicted molar refractivity (Wildman–Crippen MR) is 76.0 cm³/mol. The summed E-state index contributed by atoms with van der Waals surface area (Å²) >= 11 is 1.73. The molecule has 1 aliphatic heterocycles. The van der Waals surface area contributed by atoms with E-state index in [0.29, 0.717) is 12.5 Å². The van der Waals surface area contributed by atoms with E-state index < -0.39 is 0 Å². The minimum atomic E-state index is 0.286. The van der Waals surface area contributed by atoms with Crippen molar-refractivity contribution in [2.24, 2.45) is 0 Å². The van der Waals surface area contributed by atoms with Crippen molar-refractivity contribution < 1.29 is 4.79 Å². The number of piperidine rings is 1. The molecule has 0 N–H and O–H groups in total. The van der Waals surface area contributed by atoms with Gasteiger partial charge in [-0.05, 0) is 46.0 Å². The van der Waals surface area contributed by atoms with Crippen LogP contribution in [0.1, 0.15) is 22.6 Å². The lowest BCUT2D eigenvalue weighted by molar-refractivity contribution is -0.131. The fourth-order valence-electron chi connectivity index (χ4n) is 2.47. The van der Waals surface area contributed by atoms with Gasteiger partial charge in [-0.1, -0.05) is 0 Å². The van der Waals surface area contributed by atoms with E-state index in [1.165, 1.54) is 9.75 Å². The number of likely N-dealkylation sites (tertiary alicyclic amines) is 1. The topological polar surface area (TPSA) is 23.6 Å². The minimum Gasteiger partial charge on any atom is -0.342 e. The first-order valence-electron chi connectivity index (χ1n) is 6.56. The maximum absolute atomic E-state index is 12.2. The van der Waals surface area contributed by atoms with Crippen molar-refractivity contribution >= 4 is 17.2 Å². The highest BCUT2D eigenvalue weighted by Gasteiger charge is 2.23. The average Bonchev–Trinajstić information content (AvgIpc) is 2.75. The first-order valence-corrected chi connectivity index (χ1v) is 7.37. The molecular formula is C14H22N2OS. The number of nitrogens with zero attached hydrogens (tertiary/aromatic N) is 2. The summed E-state index contributed by atoms with van der Waals surface area (Å²) in [6.45, 7) is 3.90. The molecule has 100 valence electrons. The maximum Gasteiger partial charge on any atom is 0.227 e. The fraction of sp³-hybridized carbons (Fsp3) is 0.643. The van der Waals surface area contributed by atoms with Gasteiger partial charge in [-0.25, -0.2) is 0 Å². The van der Waals surface area contributed by atoms with Crippen LogP contribution in [0.3, 0.4) is 0 Å². The number of carbonyl (C=O) groups excluding carboxylic acids is 1. The molecule has 4 heteroatoms. The molecule has 0 spiro atoms. The number of hydrogen-bond acceptors (Lipinski definition) is 3. The highest BCUT2D eigenvalue weighted by Crippen LogP contribution is 2.19. The van der Waals surface area contributed by atoms with Crippen LogP contribution in [0.4, 0.5) is 0 Å². The average molecular weight is 266 g/mol. The van der Waals surface area contributed by atoms with E-state index in [4.69, 9.17) is 0 Å². The number of hydrogen-bond donors (Lipinski definition) is 0. The molecule has 0 atom stereocenters. The van der Waals surface area contributed by atoms with Crippen LogP contribution in [-0.4, -0.2) is 48.9 Å². The first kappa shape index (κ1) is 13.6. The third-order valence-corrected chi connectivity index (χ3v) is 4.67. The molecule has 1 amide bonds. The van der Waals surface area contributed by atoms with Gasteiger partial charge in [0.1, 0.15) is 0 Å². The Morgan fingerprint density at radius 2 is 2.06 bits per heavy atom. The lowest BCUT2D eigenvalue weighted by atomic mass is 10.0. The van der Waals surface area contributed by atoms with E-state index in [1.807, 2.05) is 4.90 Å². The molecule has 3 nitrogen and oxygen atoms in total. The Bertz CT molecular complexity index is 406. The van der Waals surface area contributed by atoms with Crippen molar-refractivity contribution in [2.75, 3.05) is 27.2 Å². The van der Waals surface area contributed by atoms with Gasteiger partial charge >= 0.3 is 0 Å². The Balaban J connectivity index is 1.84. The van der Waals surface area contributed by atoms with Gasteiger partial charge in [0.2, 0.25) is 5.91 Å². The molecular weight excluding hydrogens is 244 g/mol. The Hall–Kier alpha value is -0.870. The molecule has 1 aliphatic rings.